The normalized spacial score (nSPS) is 24.0. The summed E-state index contributed by atoms with van der Waals surface area (Å²) in [4.78, 5) is 27.9. The molecule has 0 aromatic carbocycles. The first kappa shape index (κ1) is 15.1. The molecule has 7 heteroatoms. The molecule has 1 saturated carbocycles. The van der Waals surface area contributed by atoms with Crippen LogP contribution >= 0.6 is 11.8 Å². The molecule has 3 rings (SSSR count). The zero-order valence-electron chi connectivity index (χ0n) is 12.5. The minimum Gasteiger partial charge on any atom is -0.460 e. The maximum Gasteiger partial charge on any atom is 0.374 e. The number of thioether (sulfide) groups is 1. The number of esters is 1. The Morgan fingerprint density at radius 1 is 1.45 bits per heavy atom. The van der Waals surface area contributed by atoms with Crippen molar-refractivity contribution in [1.29, 1.82) is 0 Å². The molecule has 1 amide bonds. The number of rotatable bonds is 4. The van der Waals surface area contributed by atoms with Crippen LogP contribution < -0.4 is 5.32 Å². The van der Waals surface area contributed by atoms with Gasteiger partial charge < -0.3 is 14.5 Å². The van der Waals surface area contributed by atoms with Gasteiger partial charge in [0.25, 0.3) is 0 Å². The molecule has 1 aromatic rings. The summed E-state index contributed by atoms with van der Waals surface area (Å²) in [5.41, 5.74) is 0. The first-order valence-electron chi connectivity index (χ1n) is 7.40. The maximum atomic E-state index is 11.8. The van der Waals surface area contributed by atoms with Crippen molar-refractivity contribution in [2.24, 2.45) is 10.9 Å². The van der Waals surface area contributed by atoms with E-state index in [0.717, 1.165) is 12.8 Å². The third kappa shape index (κ3) is 3.19. The van der Waals surface area contributed by atoms with Crippen LogP contribution in [-0.2, 0) is 9.53 Å². The fraction of sp³-hybridized carbons (Fsp3) is 0.533. The van der Waals surface area contributed by atoms with E-state index in [0.29, 0.717) is 17.5 Å². The summed E-state index contributed by atoms with van der Waals surface area (Å²) in [6.07, 6.45) is 1.92. The van der Waals surface area contributed by atoms with E-state index in [9.17, 15) is 9.59 Å². The molecule has 1 aliphatic carbocycles. The van der Waals surface area contributed by atoms with Crippen LogP contribution in [0, 0.1) is 5.92 Å². The number of nitrogens with zero attached hydrogens (tertiary/aromatic N) is 1. The second kappa shape index (κ2) is 6.16. The van der Waals surface area contributed by atoms with Crippen molar-refractivity contribution < 1.29 is 18.7 Å². The molecule has 0 saturated heterocycles. The van der Waals surface area contributed by atoms with Crippen molar-refractivity contribution in [2.75, 3.05) is 6.61 Å². The monoisotopic (exact) mass is 322 g/mol. The highest BCUT2D eigenvalue weighted by Crippen LogP contribution is 2.40. The molecular weight excluding hydrogens is 304 g/mol. The number of nitrogens with one attached hydrogen (secondary N) is 1. The smallest absolute Gasteiger partial charge is 0.374 e. The van der Waals surface area contributed by atoms with Crippen molar-refractivity contribution in [1.82, 2.24) is 5.32 Å². The highest BCUT2D eigenvalue weighted by molar-refractivity contribution is 8.14. The van der Waals surface area contributed by atoms with E-state index in [1.807, 2.05) is 6.92 Å². The van der Waals surface area contributed by atoms with Gasteiger partial charge in [-0.15, -0.1) is 0 Å². The molecule has 0 radical (unpaired) electrons. The number of carbonyl (C=O) groups is 2. The fourth-order valence-electron chi connectivity index (χ4n) is 2.23. The van der Waals surface area contributed by atoms with Gasteiger partial charge in [0.05, 0.1) is 17.9 Å². The molecule has 0 bridgehead atoms. The van der Waals surface area contributed by atoms with Gasteiger partial charge in [0, 0.05) is 5.92 Å². The predicted molar refractivity (Wildman–Crippen MR) is 82.8 cm³/mol. The zero-order valence-corrected chi connectivity index (χ0v) is 13.3. The average Bonchev–Trinajstić information content (AvgIpc) is 3.11. The van der Waals surface area contributed by atoms with Gasteiger partial charge in [-0.1, -0.05) is 11.8 Å². The quantitative estimate of drug-likeness (QED) is 0.862. The minimum atomic E-state index is -0.465. The van der Waals surface area contributed by atoms with Crippen LogP contribution in [0.1, 0.15) is 48.3 Å². The summed E-state index contributed by atoms with van der Waals surface area (Å²) in [6.45, 7) is 4.02. The fourth-order valence-corrected chi connectivity index (χ4v) is 3.36. The first-order valence-corrected chi connectivity index (χ1v) is 8.28. The summed E-state index contributed by atoms with van der Waals surface area (Å²) in [7, 11) is 0. The molecule has 1 N–H and O–H groups in total. The van der Waals surface area contributed by atoms with E-state index in [1.165, 1.54) is 11.8 Å². The third-order valence-corrected chi connectivity index (χ3v) is 4.87. The Bertz CT molecular complexity index is 621. The predicted octanol–water partition coefficient (Wildman–Crippen LogP) is 2.51. The molecule has 2 aliphatic rings. The molecule has 1 aliphatic heterocycles. The number of amides is 1. The summed E-state index contributed by atoms with van der Waals surface area (Å²) in [5.74, 6) is 0.593. The van der Waals surface area contributed by atoms with Crippen LogP contribution in [0.25, 0.3) is 0 Å². The number of amidine groups is 1. The van der Waals surface area contributed by atoms with Gasteiger partial charge in [-0.2, -0.15) is 0 Å². The second-order valence-corrected chi connectivity index (χ2v) is 6.53. The molecule has 118 valence electrons. The Morgan fingerprint density at radius 2 is 2.23 bits per heavy atom. The van der Waals surface area contributed by atoms with Crippen molar-refractivity contribution >= 4 is 28.8 Å². The maximum absolute atomic E-state index is 11.8. The molecule has 6 nitrogen and oxygen atoms in total. The van der Waals surface area contributed by atoms with Gasteiger partial charge in [-0.25, -0.2) is 4.79 Å². The summed E-state index contributed by atoms with van der Waals surface area (Å²) < 4.78 is 10.5. The Morgan fingerprint density at radius 3 is 2.91 bits per heavy atom. The van der Waals surface area contributed by atoms with E-state index in [-0.39, 0.29) is 28.9 Å². The topological polar surface area (TPSA) is 80.9 Å². The van der Waals surface area contributed by atoms with Crippen LogP contribution in [0.3, 0.4) is 0 Å². The number of hydrogen-bond donors (Lipinski definition) is 1. The molecule has 2 atom stereocenters. The minimum absolute atomic E-state index is 0.0271. The van der Waals surface area contributed by atoms with Gasteiger partial charge in [0.1, 0.15) is 5.76 Å². The molecule has 1 fully saturated rings. The van der Waals surface area contributed by atoms with Crippen LogP contribution in [-0.4, -0.2) is 29.7 Å². The number of hydrogen-bond acceptors (Lipinski definition) is 6. The van der Waals surface area contributed by atoms with E-state index >= 15 is 0 Å². The molecule has 2 unspecified atom stereocenters. The lowest BCUT2D eigenvalue weighted by Gasteiger charge is -2.09. The SMILES string of the molecule is CCOC(=O)c1ccc(C2SC(NC(=O)C3CC3)=NC2C)o1. The summed E-state index contributed by atoms with van der Waals surface area (Å²) in [5, 5.41) is 3.45. The number of ether oxygens (including phenoxy) is 1. The summed E-state index contributed by atoms with van der Waals surface area (Å²) in [6, 6.07) is 3.35. The van der Waals surface area contributed by atoms with Gasteiger partial charge in [0.2, 0.25) is 11.7 Å². The number of furan rings is 1. The first-order chi connectivity index (χ1) is 10.6. The molecule has 1 aromatic heterocycles. The Labute approximate surface area is 132 Å². The van der Waals surface area contributed by atoms with Gasteiger partial charge in [-0.05, 0) is 38.8 Å². The second-order valence-electron chi connectivity index (χ2n) is 5.40. The van der Waals surface area contributed by atoms with Crippen LogP contribution in [0.15, 0.2) is 21.5 Å². The van der Waals surface area contributed by atoms with Crippen LogP contribution in [0.4, 0.5) is 0 Å². The van der Waals surface area contributed by atoms with Crippen LogP contribution in [0.5, 0.6) is 0 Å². The van der Waals surface area contributed by atoms with Gasteiger partial charge in [0.15, 0.2) is 5.17 Å². The largest absolute Gasteiger partial charge is 0.460 e. The molecule has 0 spiro atoms. The van der Waals surface area contributed by atoms with Gasteiger partial charge >= 0.3 is 5.97 Å². The van der Waals surface area contributed by atoms with E-state index in [1.54, 1.807) is 19.1 Å². The standard InChI is InChI=1S/C15H18N2O4S/c1-3-20-14(19)11-7-6-10(21-11)12-8(2)16-15(22-12)17-13(18)9-4-5-9/h6-9,12H,3-5H2,1-2H3,(H,16,17,18). The lowest BCUT2D eigenvalue weighted by atomic mass is 10.2. The highest BCUT2D eigenvalue weighted by atomic mass is 32.2. The lowest BCUT2D eigenvalue weighted by Crippen LogP contribution is -2.28. The molecule has 22 heavy (non-hydrogen) atoms. The van der Waals surface area contributed by atoms with Crippen molar-refractivity contribution in [3.8, 4) is 0 Å². The van der Waals surface area contributed by atoms with E-state index in [2.05, 4.69) is 10.3 Å². The zero-order chi connectivity index (χ0) is 15.7. The number of aliphatic imine (C=N–C) groups is 1. The third-order valence-electron chi connectivity index (χ3n) is 3.56. The Balaban J connectivity index is 1.63. The van der Waals surface area contributed by atoms with E-state index < -0.39 is 5.97 Å². The van der Waals surface area contributed by atoms with Crippen molar-refractivity contribution in [3.63, 3.8) is 0 Å². The molecular formula is C15H18N2O4S. The molecule has 2 heterocycles. The van der Waals surface area contributed by atoms with Crippen LogP contribution in [0.2, 0.25) is 0 Å². The van der Waals surface area contributed by atoms with Crippen molar-refractivity contribution in [3.05, 3.63) is 23.7 Å². The van der Waals surface area contributed by atoms with Gasteiger partial charge in [-0.3, -0.25) is 9.79 Å². The summed E-state index contributed by atoms with van der Waals surface area (Å²) >= 11 is 1.46. The number of carbonyl (C=O) groups excluding carboxylic acids is 2. The Kier molecular flexibility index (Phi) is 4.24. The van der Waals surface area contributed by atoms with Crippen molar-refractivity contribution in [2.45, 2.75) is 38.0 Å². The lowest BCUT2D eigenvalue weighted by molar-refractivity contribution is -0.120. The average molecular weight is 322 g/mol. The Hall–Kier alpha value is -1.76. The highest BCUT2D eigenvalue weighted by Gasteiger charge is 2.35. The van der Waals surface area contributed by atoms with E-state index in [4.69, 9.17) is 9.15 Å².